The normalized spacial score (nSPS) is 20.7. The fourth-order valence-electron chi connectivity index (χ4n) is 1.75. The summed E-state index contributed by atoms with van der Waals surface area (Å²) in [5.41, 5.74) is 0.752. The minimum Gasteiger partial charge on any atom is -0.456 e. The number of nitrogens with zero attached hydrogens (tertiary/aromatic N) is 1. The van der Waals surface area contributed by atoms with Crippen molar-refractivity contribution in [2.24, 2.45) is 0 Å². The summed E-state index contributed by atoms with van der Waals surface area (Å²) in [7, 11) is 0. The van der Waals surface area contributed by atoms with Crippen molar-refractivity contribution in [3.8, 4) is 6.07 Å². The number of benzene rings is 1. The topological polar surface area (TPSA) is 62.1 Å². The molecule has 1 aliphatic rings. The van der Waals surface area contributed by atoms with Crippen LogP contribution in [0.5, 0.6) is 0 Å². The van der Waals surface area contributed by atoms with Crippen LogP contribution >= 0.6 is 11.6 Å². The Morgan fingerprint density at radius 3 is 2.89 bits per heavy atom. The maximum atomic E-state index is 12.9. The zero-order chi connectivity index (χ0) is 14.0. The molecule has 100 valence electrons. The second kappa shape index (κ2) is 5.02. The van der Waals surface area contributed by atoms with Crippen molar-refractivity contribution in [2.45, 2.75) is 18.4 Å². The molecule has 0 amide bonds. The molecule has 1 heterocycles. The number of esters is 1. The van der Waals surface area contributed by atoms with Gasteiger partial charge in [0.25, 0.3) is 0 Å². The fraction of sp³-hybridized carbons (Fsp3) is 0.333. The van der Waals surface area contributed by atoms with Crippen molar-refractivity contribution in [1.29, 1.82) is 5.26 Å². The van der Waals surface area contributed by atoms with Crippen LogP contribution in [0.15, 0.2) is 18.2 Å². The maximum Gasteiger partial charge on any atom is 0.377 e. The molecule has 1 atom stereocenters. The van der Waals surface area contributed by atoms with Crippen LogP contribution in [0.3, 0.4) is 0 Å². The number of nitriles is 1. The SMILES string of the molecule is N#Cc1ccc(Cl)cc1NCC1CC(F)(F)C(=O)O1. The molecule has 2 rings (SSSR count). The van der Waals surface area contributed by atoms with E-state index in [1.807, 2.05) is 6.07 Å². The van der Waals surface area contributed by atoms with E-state index in [2.05, 4.69) is 10.1 Å². The third-order valence-electron chi connectivity index (χ3n) is 2.68. The molecule has 1 unspecified atom stereocenters. The Balaban J connectivity index is 2.03. The van der Waals surface area contributed by atoms with Gasteiger partial charge in [-0.15, -0.1) is 0 Å². The van der Waals surface area contributed by atoms with Gasteiger partial charge in [-0.3, -0.25) is 0 Å². The number of halogens is 3. The number of ether oxygens (including phenoxy) is 1. The van der Waals surface area contributed by atoms with Crippen LogP contribution < -0.4 is 5.32 Å². The zero-order valence-electron chi connectivity index (χ0n) is 9.62. The lowest BCUT2D eigenvalue weighted by Gasteiger charge is -2.12. The van der Waals surface area contributed by atoms with Crippen molar-refractivity contribution < 1.29 is 18.3 Å². The monoisotopic (exact) mass is 286 g/mol. The van der Waals surface area contributed by atoms with Gasteiger partial charge in [-0.05, 0) is 18.2 Å². The molecular weight excluding hydrogens is 278 g/mol. The van der Waals surface area contributed by atoms with Gasteiger partial charge in [-0.1, -0.05) is 11.6 Å². The molecule has 1 saturated heterocycles. The number of rotatable bonds is 3. The fourth-order valence-corrected chi connectivity index (χ4v) is 1.92. The number of nitrogens with one attached hydrogen (secondary N) is 1. The lowest BCUT2D eigenvalue weighted by molar-refractivity contribution is -0.158. The number of cyclic esters (lactones) is 1. The van der Waals surface area contributed by atoms with Crippen LogP contribution in [0.25, 0.3) is 0 Å². The molecule has 1 aromatic carbocycles. The lowest BCUT2D eigenvalue weighted by Crippen LogP contribution is -2.22. The van der Waals surface area contributed by atoms with E-state index in [0.717, 1.165) is 0 Å². The largest absolute Gasteiger partial charge is 0.456 e. The smallest absolute Gasteiger partial charge is 0.377 e. The van der Waals surface area contributed by atoms with Gasteiger partial charge in [-0.2, -0.15) is 14.0 Å². The van der Waals surface area contributed by atoms with Crippen LogP contribution in [-0.2, 0) is 9.53 Å². The molecule has 0 spiro atoms. The Hall–Kier alpha value is -1.87. The van der Waals surface area contributed by atoms with Gasteiger partial charge in [0.15, 0.2) is 0 Å². The van der Waals surface area contributed by atoms with Gasteiger partial charge in [0.2, 0.25) is 0 Å². The Morgan fingerprint density at radius 1 is 1.58 bits per heavy atom. The molecular formula is C12H9ClF2N2O2. The number of hydrogen-bond acceptors (Lipinski definition) is 4. The average Bonchev–Trinajstić information content (AvgIpc) is 2.61. The summed E-state index contributed by atoms with van der Waals surface area (Å²) in [6.07, 6.45) is -1.59. The third kappa shape index (κ3) is 2.93. The van der Waals surface area contributed by atoms with Gasteiger partial charge in [0.05, 0.1) is 24.2 Å². The summed E-state index contributed by atoms with van der Waals surface area (Å²) in [4.78, 5) is 10.8. The highest BCUT2D eigenvalue weighted by Gasteiger charge is 2.50. The van der Waals surface area contributed by atoms with Gasteiger partial charge >= 0.3 is 11.9 Å². The zero-order valence-corrected chi connectivity index (χ0v) is 10.4. The van der Waals surface area contributed by atoms with Gasteiger partial charge in [0.1, 0.15) is 12.2 Å². The van der Waals surface area contributed by atoms with Crippen molar-refractivity contribution in [1.82, 2.24) is 0 Å². The second-order valence-electron chi connectivity index (χ2n) is 4.12. The summed E-state index contributed by atoms with van der Waals surface area (Å²) in [5.74, 6) is -4.94. The number of carbonyl (C=O) groups is 1. The molecule has 1 N–H and O–H groups in total. The molecule has 4 nitrogen and oxygen atoms in total. The summed E-state index contributed by atoms with van der Waals surface area (Å²) < 4.78 is 30.4. The Bertz CT molecular complexity index is 557. The maximum absolute atomic E-state index is 12.9. The van der Waals surface area contributed by atoms with Crippen LogP contribution in [0.4, 0.5) is 14.5 Å². The number of carbonyl (C=O) groups excluding carboxylic acids is 1. The second-order valence-corrected chi connectivity index (χ2v) is 4.55. The number of hydrogen-bond donors (Lipinski definition) is 1. The van der Waals surface area contributed by atoms with E-state index in [9.17, 15) is 13.6 Å². The summed E-state index contributed by atoms with van der Waals surface area (Å²) in [6, 6.07) is 6.52. The Labute approximate surface area is 112 Å². The van der Waals surface area contributed by atoms with E-state index in [4.69, 9.17) is 16.9 Å². The van der Waals surface area contributed by atoms with E-state index < -0.39 is 24.4 Å². The van der Waals surface area contributed by atoms with E-state index in [1.54, 1.807) is 6.07 Å². The molecule has 0 aliphatic carbocycles. The van der Waals surface area contributed by atoms with Gasteiger partial charge in [-0.25, -0.2) is 4.79 Å². The first kappa shape index (κ1) is 13.6. The predicted octanol–water partition coefficient (Wildman–Crippen LogP) is 2.57. The van der Waals surface area contributed by atoms with Crippen LogP contribution in [0.1, 0.15) is 12.0 Å². The molecule has 7 heteroatoms. The van der Waals surface area contributed by atoms with E-state index in [1.165, 1.54) is 12.1 Å². The van der Waals surface area contributed by atoms with Crippen molar-refractivity contribution in [3.05, 3.63) is 28.8 Å². The van der Waals surface area contributed by atoms with Gasteiger partial charge in [0, 0.05) is 5.02 Å². The summed E-state index contributed by atoms with van der Waals surface area (Å²) in [5, 5.41) is 12.1. The summed E-state index contributed by atoms with van der Waals surface area (Å²) in [6.45, 7) is -0.00362. The van der Waals surface area contributed by atoms with Crippen LogP contribution in [0.2, 0.25) is 5.02 Å². The molecule has 0 bridgehead atoms. The number of alkyl halides is 2. The summed E-state index contributed by atoms with van der Waals surface area (Å²) >= 11 is 5.78. The van der Waals surface area contributed by atoms with Gasteiger partial charge < -0.3 is 10.1 Å². The highest BCUT2D eigenvalue weighted by Crippen LogP contribution is 2.31. The molecule has 19 heavy (non-hydrogen) atoms. The lowest BCUT2D eigenvalue weighted by atomic mass is 10.1. The predicted molar refractivity (Wildman–Crippen MR) is 64.1 cm³/mol. The first-order valence-electron chi connectivity index (χ1n) is 5.45. The minimum absolute atomic E-state index is 0.00362. The molecule has 0 aromatic heterocycles. The molecule has 1 aromatic rings. The first-order valence-corrected chi connectivity index (χ1v) is 5.82. The van der Waals surface area contributed by atoms with E-state index in [0.29, 0.717) is 16.3 Å². The Morgan fingerprint density at radius 2 is 2.32 bits per heavy atom. The van der Waals surface area contributed by atoms with Crippen LogP contribution in [0, 0.1) is 11.3 Å². The third-order valence-corrected chi connectivity index (χ3v) is 2.91. The highest BCUT2D eigenvalue weighted by atomic mass is 35.5. The van der Waals surface area contributed by atoms with Crippen molar-refractivity contribution in [3.63, 3.8) is 0 Å². The highest BCUT2D eigenvalue weighted by molar-refractivity contribution is 6.30. The molecule has 0 saturated carbocycles. The molecule has 1 aliphatic heterocycles. The van der Waals surface area contributed by atoms with Crippen molar-refractivity contribution >= 4 is 23.3 Å². The van der Waals surface area contributed by atoms with Crippen molar-refractivity contribution in [2.75, 3.05) is 11.9 Å². The number of anilines is 1. The molecule has 0 radical (unpaired) electrons. The first-order chi connectivity index (χ1) is 8.92. The van der Waals surface area contributed by atoms with E-state index >= 15 is 0 Å². The Kier molecular flexibility index (Phi) is 3.58. The standard InChI is InChI=1S/C12H9ClF2N2O2/c13-8-2-1-7(5-16)10(3-8)17-6-9-4-12(14,15)11(18)19-9/h1-3,9,17H,4,6H2. The van der Waals surface area contributed by atoms with Crippen LogP contribution in [-0.4, -0.2) is 24.5 Å². The average molecular weight is 287 g/mol. The quantitative estimate of drug-likeness (QED) is 0.868. The molecule has 1 fully saturated rings. The van der Waals surface area contributed by atoms with E-state index in [-0.39, 0.29) is 6.54 Å². The minimum atomic E-state index is -3.43.